The second-order valence-corrected chi connectivity index (χ2v) is 11.1. The fourth-order valence-electron chi connectivity index (χ4n) is 6.64. The standard InChI is InChI=1S/C37H34BNO2/c1-5-15-28(16-6-1)34-25-26-35(29-17-7-2-8-18-29)39(34)27-32-23-13-14-24-33(32)38-40-36(30-19-9-3-10-20-30)37(41-38)31-21-11-4-12-22-31/h1-24,34-37H,25-27H2/t34-,35-,36-,37-/m1/s1. The van der Waals surface area contributed by atoms with Gasteiger partial charge in [-0.3, -0.25) is 4.90 Å². The molecule has 0 unspecified atom stereocenters. The molecule has 7 rings (SSSR count). The Morgan fingerprint density at radius 2 is 0.878 bits per heavy atom. The van der Waals surface area contributed by atoms with Crippen molar-refractivity contribution in [2.45, 2.75) is 43.7 Å². The molecule has 4 heteroatoms. The van der Waals surface area contributed by atoms with Crippen molar-refractivity contribution >= 4 is 12.6 Å². The van der Waals surface area contributed by atoms with Crippen molar-refractivity contribution in [1.29, 1.82) is 0 Å². The molecule has 3 nitrogen and oxygen atoms in total. The van der Waals surface area contributed by atoms with Crippen LogP contribution in [0.1, 0.15) is 65.0 Å². The van der Waals surface area contributed by atoms with Crippen molar-refractivity contribution < 1.29 is 9.31 Å². The van der Waals surface area contributed by atoms with Gasteiger partial charge in [0.05, 0.1) is 12.2 Å². The van der Waals surface area contributed by atoms with Crippen LogP contribution in [0.2, 0.25) is 0 Å². The van der Waals surface area contributed by atoms with E-state index in [-0.39, 0.29) is 12.2 Å². The highest BCUT2D eigenvalue weighted by Crippen LogP contribution is 2.45. The molecule has 41 heavy (non-hydrogen) atoms. The molecule has 2 aliphatic heterocycles. The molecule has 5 aromatic rings. The van der Waals surface area contributed by atoms with Crippen molar-refractivity contribution in [1.82, 2.24) is 4.90 Å². The van der Waals surface area contributed by atoms with Gasteiger partial charge in [-0.1, -0.05) is 146 Å². The van der Waals surface area contributed by atoms with E-state index in [0.717, 1.165) is 36.0 Å². The van der Waals surface area contributed by atoms with Crippen LogP contribution >= 0.6 is 0 Å². The van der Waals surface area contributed by atoms with Crippen LogP contribution in [-0.4, -0.2) is 12.0 Å². The minimum Gasteiger partial charge on any atom is -0.397 e. The maximum Gasteiger partial charge on any atom is 0.495 e. The molecule has 0 bridgehead atoms. The first-order valence-electron chi connectivity index (χ1n) is 14.7. The quantitative estimate of drug-likeness (QED) is 0.197. The Bertz CT molecular complexity index is 1450. The molecule has 0 aromatic heterocycles. The van der Waals surface area contributed by atoms with E-state index in [4.69, 9.17) is 9.31 Å². The summed E-state index contributed by atoms with van der Waals surface area (Å²) in [5.74, 6) is 0. The summed E-state index contributed by atoms with van der Waals surface area (Å²) in [7, 11) is -0.449. The van der Waals surface area contributed by atoms with E-state index in [1.807, 2.05) is 12.1 Å². The van der Waals surface area contributed by atoms with Crippen LogP contribution in [0.3, 0.4) is 0 Å². The monoisotopic (exact) mass is 535 g/mol. The summed E-state index contributed by atoms with van der Waals surface area (Å²) in [5, 5.41) is 0. The van der Waals surface area contributed by atoms with Gasteiger partial charge in [0.25, 0.3) is 0 Å². The molecule has 0 saturated carbocycles. The Morgan fingerprint density at radius 1 is 0.488 bits per heavy atom. The van der Waals surface area contributed by atoms with Crippen LogP contribution in [0, 0.1) is 0 Å². The zero-order valence-electron chi connectivity index (χ0n) is 23.1. The predicted molar refractivity (Wildman–Crippen MR) is 166 cm³/mol. The molecule has 4 atom stereocenters. The lowest BCUT2D eigenvalue weighted by molar-refractivity contribution is 0.159. The third kappa shape index (κ3) is 5.39. The van der Waals surface area contributed by atoms with Crippen molar-refractivity contribution in [3.8, 4) is 0 Å². The zero-order chi connectivity index (χ0) is 27.4. The van der Waals surface area contributed by atoms with Gasteiger partial charge in [0.2, 0.25) is 0 Å². The summed E-state index contributed by atoms with van der Waals surface area (Å²) in [6.07, 6.45) is 1.90. The van der Waals surface area contributed by atoms with Gasteiger partial charge in [0, 0.05) is 18.6 Å². The van der Waals surface area contributed by atoms with Gasteiger partial charge < -0.3 is 9.31 Å². The molecule has 0 spiro atoms. The molecule has 0 radical (unpaired) electrons. The molecule has 0 aliphatic carbocycles. The lowest BCUT2D eigenvalue weighted by atomic mass is 9.76. The number of hydrogen-bond acceptors (Lipinski definition) is 3. The summed E-state index contributed by atoms with van der Waals surface area (Å²) in [5.41, 5.74) is 7.39. The molecule has 0 N–H and O–H groups in total. The summed E-state index contributed by atoms with van der Waals surface area (Å²) < 4.78 is 13.6. The highest BCUT2D eigenvalue weighted by molar-refractivity contribution is 6.62. The van der Waals surface area contributed by atoms with Crippen LogP contribution in [-0.2, 0) is 15.9 Å². The Hall–Kier alpha value is -3.96. The topological polar surface area (TPSA) is 21.7 Å². The number of nitrogens with zero attached hydrogens (tertiary/aromatic N) is 1. The Morgan fingerprint density at radius 3 is 1.34 bits per heavy atom. The SMILES string of the molecule is c1ccc([C@H]2OB(c3ccccc3CN3[C@@H](c4ccccc4)CC[C@@H]3c3ccccc3)O[C@@H]2c2ccccc2)cc1. The van der Waals surface area contributed by atoms with Gasteiger partial charge in [-0.15, -0.1) is 0 Å². The molecule has 5 aromatic carbocycles. The Labute approximate surface area is 243 Å². The third-order valence-electron chi connectivity index (χ3n) is 8.62. The normalized spacial score (nSPS) is 22.7. The summed E-state index contributed by atoms with van der Waals surface area (Å²) in [6.45, 7) is 0.824. The molecule has 2 saturated heterocycles. The highest BCUT2D eigenvalue weighted by Gasteiger charge is 2.44. The molecule has 2 heterocycles. The minimum atomic E-state index is -0.449. The van der Waals surface area contributed by atoms with E-state index >= 15 is 0 Å². The molecule has 0 amide bonds. The number of likely N-dealkylation sites (tertiary alicyclic amines) is 1. The molecule has 202 valence electrons. The van der Waals surface area contributed by atoms with Crippen LogP contribution in [0.15, 0.2) is 146 Å². The van der Waals surface area contributed by atoms with Crippen molar-refractivity contribution in [3.05, 3.63) is 173 Å². The van der Waals surface area contributed by atoms with E-state index in [0.29, 0.717) is 12.1 Å². The lowest BCUT2D eigenvalue weighted by Crippen LogP contribution is -2.37. The summed E-state index contributed by atoms with van der Waals surface area (Å²) >= 11 is 0. The maximum absolute atomic E-state index is 6.79. The number of rotatable bonds is 7. The minimum absolute atomic E-state index is 0.183. The van der Waals surface area contributed by atoms with E-state index in [9.17, 15) is 0 Å². The van der Waals surface area contributed by atoms with Gasteiger partial charge in [0.1, 0.15) is 0 Å². The number of benzene rings is 5. The predicted octanol–water partition coefficient (Wildman–Crippen LogP) is 7.99. The van der Waals surface area contributed by atoms with Crippen LogP contribution in [0.5, 0.6) is 0 Å². The second-order valence-electron chi connectivity index (χ2n) is 11.1. The van der Waals surface area contributed by atoms with Gasteiger partial charge >= 0.3 is 7.12 Å². The van der Waals surface area contributed by atoms with Crippen LogP contribution in [0.4, 0.5) is 0 Å². The fourth-order valence-corrected chi connectivity index (χ4v) is 6.64. The third-order valence-corrected chi connectivity index (χ3v) is 8.62. The average molecular weight is 535 g/mol. The van der Waals surface area contributed by atoms with Gasteiger partial charge in [-0.05, 0) is 46.1 Å². The fraction of sp³-hybridized carbons (Fsp3) is 0.189. The van der Waals surface area contributed by atoms with Crippen molar-refractivity contribution in [2.75, 3.05) is 0 Å². The summed E-state index contributed by atoms with van der Waals surface area (Å²) in [4.78, 5) is 2.68. The van der Waals surface area contributed by atoms with Gasteiger partial charge in [0.15, 0.2) is 0 Å². The van der Waals surface area contributed by atoms with Crippen LogP contribution in [0.25, 0.3) is 0 Å². The van der Waals surface area contributed by atoms with E-state index in [1.165, 1.54) is 16.7 Å². The molecule has 2 aliphatic rings. The smallest absolute Gasteiger partial charge is 0.397 e. The largest absolute Gasteiger partial charge is 0.495 e. The first kappa shape index (κ1) is 26.0. The van der Waals surface area contributed by atoms with E-state index < -0.39 is 7.12 Å². The zero-order valence-corrected chi connectivity index (χ0v) is 23.1. The first-order chi connectivity index (χ1) is 20.3. The Kier molecular flexibility index (Phi) is 7.53. The average Bonchev–Trinajstić information content (AvgIpc) is 3.68. The van der Waals surface area contributed by atoms with Crippen molar-refractivity contribution in [3.63, 3.8) is 0 Å². The van der Waals surface area contributed by atoms with E-state index in [2.05, 4.69) is 138 Å². The molecular formula is C37H34BNO2. The van der Waals surface area contributed by atoms with Crippen LogP contribution < -0.4 is 5.46 Å². The number of hydrogen-bond donors (Lipinski definition) is 0. The first-order valence-corrected chi connectivity index (χ1v) is 14.7. The molecular weight excluding hydrogens is 501 g/mol. The maximum atomic E-state index is 6.79. The summed E-state index contributed by atoms with van der Waals surface area (Å²) in [6, 6.07) is 52.2. The lowest BCUT2D eigenvalue weighted by Gasteiger charge is -2.32. The van der Waals surface area contributed by atoms with E-state index in [1.54, 1.807) is 0 Å². The van der Waals surface area contributed by atoms with Crippen molar-refractivity contribution in [2.24, 2.45) is 0 Å². The Balaban J connectivity index is 1.23. The molecule has 2 fully saturated rings. The van der Waals surface area contributed by atoms with Gasteiger partial charge in [-0.2, -0.15) is 0 Å². The van der Waals surface area contributed by atoms with Gasteiger partial charge in [-0.25, -0.2) is 0 Å². The highest BCUT2D eigenvalue weighted by atomic mass is 16.7. The second kappa shape index (κ2) is 11.9.